The number of halogens is 1. The lowest BCUT2D eigenvalue weighted by Gasteiger charge is -2.18. The van der Waals surface area contributed by atoms with Crippen molar-refractivity contribution in [1.82, 2.24) is 0 Å². The Balaban J connectivity index is 2.50. The summed E-state index contributed by atoms with van der Waals surface area (Å²) in [5, 5.41) is 2.92. The molecule has 0 saturated carbocycles. The van der Waals surface area contributed by atoms with E-state index in [2.05, 4.69) is 5.32 Å². The van der Waals surface area contributed by atoms with Gasteiger partial charge in [-0.25, -0.2) is 0 Å². The fourth-order valence-electron chi connectivity index (χ4n) is 1.37. The van der Waals surface area contributed by atoms with E-state index in [4.69, 9.17) is 16.3 Å². The molecule has 5 heteroatoms. The van der Waals surface area contributed by atoms with Crippen LogP contribution in [0.1, 0.15) is 17.3 Å². The molecule has 0 fully saturated rings. The number of Topliss-reactive ketones (excluding diaryl/α,β-unsaturated/α-hetero) is 1. The maximum atomic E-state index is 11.2. The number of benzene rings is 1. The number of carbonyl (C=O) groups is 2. The van der Waals surface area contributed by atoms with Crippen molar-refractivity contribution >= 4 is 29.0 Å². The summed E-state index contributed by atoms with van der Waals surface area (Å²) in [6, 6.07) is 3.06. The van der Waals surface area contributed by atoms with Crippen LogP contribution in [0.15, 0.2) is 12.1 Å². The van der Waals surface area contributed by atoms with Gasteiger partial charge in [0.25, 0.3) is 5.91 Å². The Kier molecular flexibility index (Phi) is 2.36. The predicted octanol–water partition coefficient (Wildman–Crippen LogP) is 1.87. The summed E-state index contributed by atoms with van der Waals surface area (Å²) in [5.74, 6) is 0.113. The number of nitrogens with one attached hydrogen (secondary N) is 1. The fourth-order valence-corrected chi connectivity index (χ4v) is 1.67. The standard InChI is InChI=1S/C10H8ClNO3/c1-5(13)6-2-9-8(3-7(6)11)12-10(14)4-15-9/h2-3H,4H2,1H3,(H,12,14). The lowest BCUT2D eigenvalue weighted by Crippen LogP contribution is -2.25. The van der Waals surface area contributed by atoms with Gasteiger partial charge < -0.3 is 10.1 Å². The topological polar surface area (TPSA) is 55.4 Å². The normalized spacial score (nSPS) is 13.9. The third-order valence-corrected chi connectivity index (χ3v) is 2.39. The smallest absolute Gasteiger partial charge is 0.262 e. The Bertz CT molecular complexity index is 456. The minimum absolute atomic E-state index is 0.0357. The van der Waals surface area contributed by atoms with Crippen LogP contribution in [0.2, 0.25) is 5.02 Å². The lowest BCUT2D eigenvalue weighted by molar-refractivity contribution is -0.118. The van der Waals surface area contributed by atoms with E-state index in [0.29, 0.717) is 22.0 Å². The summed E-state index contributed by atoms with van der Waals surface area (Å²) in [6.07, 6.45) is 0. The summed E-state index contributed by atoms with van der Waals surface area (Å²) >= 11 is 5.88. The Hall–Kier alpha value is -1.55. The molecule has 0 saturated heterocycles. The van der Waals surface area contributed by atoms with E-state index >= 15 is 0 Å². The van der Waals surface area contributed by atoms with Gasteiger partial charge in [-0.15, -0.1) is 0 Å². The summed E-state index contributed by atoms with van der Waals surface area (Å²) in [4.78, 5) is 22.2. The Morgan fingerprint density at radius 2 is 2.27 bits per heavy atom. The Morgan fingerprint density at radius 3 is 2.93 bits per heavy atom. The summed E-state index contributed by atoms with van der Waals surface area (Å²) in [5.41, 5.74) is 0.896. The van der Waals surface area contributed by atoms with Crippen LogP contribution < -0.4 is 10.1 Å². The first kappa shape index (κ1) is 9.98. The summed E-state index contributed by atoms with van der Waals surface area (Å²) < 4.78 is 5.16. The molecular formula is C10H8ClNO3. The van der Waals surface area contributed by atoms with Crippen LogP contribution in [-0.2, 0) is 4.79 Å². The molecule has 1 aromatic rings. The fraction of sp³-hybridized carbons (Fsp3) is 0.200. The molecule has 1 heterocycles. The molecule has 0 radical (unpaired) electrons. The van der Waals surface area contributed by atoms with Crippen LogP contribution in [0, 0.1) is 0 Å². The molecular weight excluding hydrogens is 218 g/mol. The van der Waals surface area contributed by atoms with Crippen molar-refractivity contribution in [2.75, 3.05) is 11.9 Å². The number of carbonyl (C=O) groups excluding carboxylic acids is 2. The molecule has 0 aromatic heterocycles. The third-order valence-electron chi connectivity index (χ3n) is 2.08. The van der Waals surface area contributed by atoms with Gasteiger partial charge in [-0.1, -0.05) is 11.6 Å². The zero-order valence-corrected chi connectivity index (χ0v) is 8.72. The number of ketones is 1. The zero-order valence-electron chi connectivity index (χ0n) is 7.96. The monoisotopic (exact) mass is 225 g/mol. The molecule has 1 aromatic carbocycles. The molecule has 15 heavy (non-hydrogen) atoms. The van der Waals surface area contributed by atoms with E-state index in [1.807, 2.05) is 0 Å². The van der Waals surface area contributed by atoms with E-state index in [0.717, 1.165) is 0 Å². The average molecular weight is 226 g/mol. The maximum Gasteiger partial charge on any atom is 0.262 e. The van der Waals surface area contributed by atoms with Crippen LogP contribution >= 0.6 is 11.6 Å². The molecule has 0 spiro atoms. The molecule has 0 unspecified atom stereocenters. The van der Waals surface area contributed by atoms with Gasteiger partial charge in [-0.3, -0.25) is 9.59 Å². The van der Waals surface area contributed by atoms with Crippen LogP contribution in [0.3, 0.4) is 0 Å². The van der Waals surface area contributed by atoms with E-state index in [1.54, 1.807) is 6.07 Å². The van der Waals surface area contributed by atoms with E-state index < -0.39 is 0 Å². The van der Waals surface area contributed by atoms with E-state index in [1.165, 1.54) is 13.0 Å². The highest BCUT2D eigenvalue weighted by molar-refractivity contribution is 6.34. The van der Waals surface area contributed by atoms with Crippen molar-refractivity contribution in [2.45, 2.75) is 6.92 Å². The first-order valence-electron chi connectivity index (χ1n) is 4.35. The molecule has 0 bridgehead atoms. The third kappa shape index (κ3) is 1.80. The van der Waals surface area contributed by atoms with Crippen molar-refractivity contribution in [3.63, 3.8) is 0 Å². The average Bonchev–Trinajstić information content (AvgIpc) is 2.15. The number of hydrogen-bond donors (Lipinski definition) is 1. The molecule has 2 rings (SSSR count). The van der Waals surface area contributed by atoms with Crippen molar-refractivity contribution in [2.24, 2.45) is 0 Å². The minimum Gasteiger partial charge on any atom is -0.482 e. The molecule has 4 nitrogen and oxygen atoms in total. The van der Waals surface area contributed by atoms with E-state index in [-0.39, 0.29) is 18.3 Å². The molecule has 0 atom stereocenters. The van der Waals surface area contributed by atoms with Gasteiger partial charge in [-0.05, 0) is 19.1 Å². The molecule has 0 aliphatic carbocycles. The quantitative estimate of drug-likeness (QED) is 0.743. The van der Waals surface area contributed by atoms with Gasteiger partial charge in [0.1, 0.15) is 5.75 Å². The largest absolute Gasteiger partial charge is 0.482 e. The number of hydrogen-bond acceptors (Lipinski definition) is 3. The Morgan fingerprint density at radius 1 is 1.53 bits per heavy atom. The van der Waals surface area contributed by atoms with Gasteiger partial charge in [0.05, 0.1) is 10.7 Å². The number of ether oxygens (including phenoxy) is 1. The number of rotatable bonds is 1. The van der Waals surface area contributed by atoms with Gasteiger partial charge in [0, 0.05) is 5.56 Å². The number of amides is 1. The number of anilines is 1. The number of fused-ring (bicyclic) bond motifs is 1. The molecule has 78 valence electrons. The van der Waals surface area contributed by atoms with Crippen molar-refractivity contribution in [3.05, 3.63) is 22.7 Å². The van der Waals surface area contributed by atoms with Gasteiger partial charge in [0.15, 0.2) is 12.4 Å². The maximum absolute atomic E-state index is 11.2. The van der Waals surface area contributed by atoms with Crippen LogP contribution in [0.25, 0.3) is 0 Å². The summed E-state index contributed by atoms with van der Waals surface area (Å²) in [6.45, 7) is 1.39. The van der Waals surface area contributed by atoms with Crippen LogP contribution in [-0.4, -0.2) is 18.3 Å². The van der Waals surface area contributed by atoms with Gasteiger partial charge >= 0.3 is 0 Å². The molecule has 1 amide bonds. The Labute approximate surface area is 91.2 Å². The molecule has 1 aliphatic heterocycles. The summed E-state index contributed by atoms with van der Waals surface area (Å²) in [7, 11) is 0. The van der Waals surface area contributed by atoms with Crippen LogP contribution in [0.5, 0.6) is 5.75 Å². The molecule has 1 aliphatic rings. The molecule has 1 N–H and O–H groups in total. The second-order valence-corrected chi connectivity index (χ2v) is 3.63. The SMILES string of the molecule is CC(=O)c1cc2c(cc1Cl)NC(=O)CO2. The second-order valence-electron chi connectivity index (χ2n) is 3.22. The first-order valence-corrected chi connectivity index (χ1v) is 4.73. The van der Waals surface area contributed by atoms with Crippen molar-refractivity contribution in [1.29, 1.82) is 0 Å². The van der Waals surface area contributed by atoms with Crippen molar-refractivity contribution < 1.29 is 14.3 Å². The first-order chi connectivity index (χ1) is 7.08. The van der Waals surface area contributed by atoms with Gasteiger partial charge in [0.2, 0.25) is 0 Å². The zero-order chi connectivity index (χ0) is 11.0. The van der Waals surface area contributed by atoms with Crippen molar-refractivity contribution in [3.8, 4) is 5.75 Å². The second kappa shape index (κ2) is 3.55. The highest BCUT2D eigenvalue weighted by atomic mass is 35.5. The predicted molar refractivity (Wildman–Crippen MR) is 55.6 cm³/mol. The highest BCUT2D eigenvalue weighted by Crippen LogP contribution is 2.33. The minimum atomic E-state index is -0.228. The van der Waals surface area contributed by atoms with E-state index in [9.17, 15) is 9.59 Å². The lowest BCUT2D eigenvalue weighted by atomic mass is 10.1. The van der Waals surface area contributed by atoms with Gasteiger partial charge in [-0.2, -0.15) is 0 Å². The van der Waals surface area contributed by atoms with Crippen LogP contribution in [0.4, 0.5) is 5.69 Å². The highest BCUT2D eigenvalue weighted by Gasteiger charge is 2.19.